The van der Waals surface area contributed by atoms with Crippen molar-refractivity contribution in [2.24, 2.45) is 0 Å². The number of benzene rings is 2. The third kappa shape index (κ3) is 4.60. The fourth-order valence-electron chi connectivity index (χ4n) is 3.99. The van der Waals surface area contributed by atoms with Crippen LogP contribution in [0.2, 0.25) is 0 Å². The molecule has 2 fully saturated rings. The lowest BCUT2D eigenvalue weighted by Gasteiger charge is -2.42. The summed E-state index contributed by atoms with van der Waals surface area (Å²) in [6, 6.07) is 20.2. The number of nitrogens with zero attached hydrogens (tertiary/aromatic N) is 2. The Morgan fingerprint density at radius 1 is 0.929 bits per heavy atom. The summed E-state index contributed by atoms with van der Waals surface area (Å²) in [7, 11) is 0. The summed E-state index contributed by atoms with van der Waals surface area (Å²) in [5.41, 5.74) is 1.82. The monoisotopic (exact) mass is 377 g/mol. The first-order valence-corrected chi connectivity index (χ1v) is 10.1. The molecular weight excluding hydrogens is 350 g/mol. The number of rotatable bonds is 6. The molecule has 2 aromatic carbocycles. The normalized spacial score (nSPS) is 20.0. The molecule has 2 amide bonds. The molecule has 1 atom stereocenters. The molecule has 1 aliphatic carbocycles. The molecular formula is C23H27N3O2. The molecule has 1 heterocycles. The zero-order valence-corrected chi connectivity index (χ0v) is 16.1. The molecule has 1 saturated heterocycles. The molecule has 1 saturated carbocycles. The van der Waals surface area contributed by atoms with Crippen molar-refractivity contribution >= 4 is 11.8 Å². The average molecular weight is 377 g/mol. The molecule has 1 unspecified atom stereocenters. The van der Waals surface area contributed by atoms with Crippen LogP contribution in [0.1, 0.15) is 28.8 Å². The maximum atomic E-state index is 12.9. The predicted molar refractivity (Wildman–Crippen MR) is 109 cm³/mol. The van der Waals surface area contributed by atoms with E-state index in [4.69, 9.17) is 0 Å². The first-order chi connectivity index (χ1) is 13.7. The van der Waals surface area contributed by atoms with Crippen LogP contribution in [0.3, 0.4) is 0 Å². The molecule has 5 heteroatoms. The first-order valence-electron chi connectivity index (χ1n) is 10.1. The fourth-order valence-corrected chi connectivity index (χ4v) is 3.99. The molecule has 4 rings (SSSR count). The van der Waals surface area contributed by atoms with E-state index >= 15 is 0 Å². The highest BCUT2D eigenvalue weighted by Crippen LogP contribution is 2.29. The smallest absolute Gasteiger partial charge is 0.251 e. The molecule has 0 spiro atoms. The second kappa shape index (κ2) is 8.57. The van der Waals surface area contributed by atoms with Crippen molar-refractivity contribution in [3.8, 4) is 0 Å². The van der Waals surface area contributed by atoms with Gasteiger partial charge in [-0.15, -0.1) is 0 Å². The third-order valence-electron chi connectivity index (χ3n) is 5.65. The van der Waals surface area contributed by atoms with Gasteiger partial charge in [-0.2, -0.15) is 0 Å². The number of piperazine rings is 1. The first kappa shape index (κ1) is 18.7. The van der Waals surface area contributed by atoms with Gasteiger partial charge in [-0.3, -0.25) is 14.5 Å². The summed E-state index contributed by atoms with van der Waals surface area (Å²) >= 11 is 0. The van der Waals surface area contributed by atoms with Crippen molar-refractivity contribution < 1.29 is 9.59 Å². The van der Waals surface area contributed by atoms with Gasteiger partial charge in [0.2, 0.25) is 5.91 Å². The second-order valence-electron chi connectivity index (χ2n) is 7.71. The van der Waals surface area contributed by atoms with Crippen LogP contribution in [-0.2, 0) is 11.2 Å². The molecule has 0 radical (unpaired) electrons. The van der Waals surface area contributed by atoms with Crippen LogP contribution < -0.4 is 5.32 Å². The van der Waals surface area contributed by atoms with Gasteiger partial charge in [-0.05, 0) is 37.0 Å². The van der Waals surface area contributed by atoms with Gasteiger partial charge in [0, 0.05) is 37.3 Å². The van der Waals surface area contributed by atoms with E-state index in [0.29, 0.717) is 11.6 Å². The predicted octanol–water partition coefficient (Wildman–Crippen LogP) is 2.33. The zero-order valence-electron chi connectivity index (χ0n) is 16.1. The second-order valence-corrected chi connectivity index (χ2v) is 7.71. The molecule has 0 aromatic heterocycles. The van der Waals surface area contributed by atoms with Crippen LogP contribution in [0.25, 0.3) is 0 Å². The number of carbonyl (C=O) groups excluding carboxylic acids is 2. The Labute approximate surface area is 166 Å². The standard InChI is InChI=1S/C23H27N3O2/c27-22(16-24-23(28)19-9-5-2-6-10-19)26-14-13-25(20-11-12-20)17-21(26)15-18-7-3-1-4-8-18/h1-10,20-21H,11-17H2,(H,24,28). The number of hydrogen-bond acceptors (Lipinski definition) is 3. The van der Waals surface area contributed by atoms with Gasteiger partial charge in [0.25, 0.3) is 5.91 Å². The van der Waals surface area contributed by atoms with Crippen LogP contribution in [0.15, 0.2) is 60.7 Å². The van der Waals surface area contributed by atoms with Crippen molar-refractivity contribution in [3.63, 3.8) is 0 Å². The molecule has 1 N–H and O–H groups in total. The summed E-state index contributed by atoms with van der Waals surface area (Å²) in [6.45, 7) is 2.61. The highest BCUT2D eigenvalue weighted by Gasteiger charge is 2.37. The Morgan fingerprint density at radius 2 is 1.61 bits per heavy atom. The maximum absolute atomic E-state index is 12.9. The minimum atomic E-state index is -0.204. The largest absolute Gasteiger partial charge is 0.343 e. The van der Waals surface area contributed by atoms with Gasteiger partial charge in [0.1, 0.15) is 0 Å². The van der Waals surface area contributed by atoms with Crippen LogP contribution in [0, 0.1) is 0 Å². The maximum Gasteiger partial charge on any atom is 0.251 e. The summed E-state index contributed by atoms with van der Waals surface area (Å²) in [4.78, 5) is 29.7. The van der Waals surface area contributed by atoms with Gasteiger partial charge in [-0.25, -0.2) is 0 Å². The van der Waals surface area contributed by atoms with E-state index in [-0.39, 0.29) is 24.4 Å². The zero-order chi connectivity index (χ0) is 19.3. The van der Waals surface area contributed by atoms with Crippen LogP contribution in [0.4, 0.5) is 0 Å². The van der Waals surface area contributed by atoms with E-state index in [1.165, 1.54) is 18.4 Å². The Bertz CT molecular complexity index is 805. The fraction of sp³-hybridized carbons (Fsp3) is 0.391. The van der Waals surface area contributed by atoms with E-state index in [1.54, 1.807) is 12.1 Å². The van der Waals surface area contributed by atoms with E-state index in [0.717, 1.165) is 26.1 Å². The third-order valence-corrected chi connectivity index (χ3v) is 5.65. The highest BCUT2D eigenvalue weighted by molar-refractivity contribution is 5.96. The number of carbonyl (C=O) groups is 2. The van der Waals surface area contributed by atoms with Gasteiger partial charge in [-0.1, -0.05) is 48.5 Å². The van der Waals surface area contributed by atoms with E-state index in [1.807, 2.05) is 41.3 Å². The molecule has 28 heavy (non-hydrogen) atoms. The summed E-state index contributed by atoms with van der Waals surface area (Å²) in [5.74, 6) is -0.203. The van der Waals surface area contributed by atoms with Crippen molar-refractivity contribution in [3.05, 3.63) is 71.8 Å². The molecule has 146 valence electrons. The molecule has 2 aliphatic rings. The van der Waals surface area contributed by atoms with Gasteiger partial charge >= 0.3 is 0 Å². The topological polar surface area (TPSA) is 52.7 Å². The molecule has 0 bridgehead atoms. The van der Waals surface area contributed by atoms with Crippen LogP contribution >= 0.6 is 0 Å². The van der Waals surface area contributed by atoms with E-state index in [9.17, 15) is 9.59 Å². The molecule has 2 aromatic rings. The average Bonchev–Trinajstić information content (AvgIpc) is 3.58. The van der Waals surface area contributed by atoms with Crippen LogP contribution in [0.5, 0.6) is 0 Å². The lowest BCUT2D eigenvalue weighted by atomic mass is 10.0. The lowest BCUT2D eigenvalue weighted by Crippen LogP contribution is -2.58. The van der Waals surface area contributed by atoms with Gasteiger partial charge in [0.05, 0.1) is 6.54 Å². The minimum Gasteiger partial charge on any atom is -0.343 e. The van der Waals surface area contributed by atoms with Gasteiger partial charge < -0.3 is 10.2 Å². The Balaban J connectivity index is 1.39. The number of hydrogen-bond donors (Lipinski definition) is 1. The van der Waals surface area contributed by atoms with Crippen molar-refractivity contribution in [2.75, 3.05) is 26.2 Å². The quantitative estimate of drug-likeness (QED) is 0.841. The summed E-state index contributed by atoms with van der Waals surface area (Å²) in [6.07, 6.45) is 3.40. The minimum absolute atomic E-state index is 0.000610. The van der Waals surface area contributed by atoms with E-state index in [2.05, 4.69) is 22.3 Å². The van der Waals surface area contributed by atoms with Crippen LogP contribution in [-0.4, -0.2) is 59.9 Å². The highest BCUT2D eigenvalue weighted by atomic mass is 16.2. The van der Waals surface area contributed by atoms with Crippen molar-refractivity contribution in [1.29, 1.82) is 0 Å². The summed E-state index contributed by atoms with van der Waals surface area (Å²) < 4.78 is 0. The number of amides is 2. The van der Waals surface area contributed by atoms with Crippen molar-refractivity contribution in [1.82, 2.24) is 15.1 Å². The molecule has 1 aliphatic heterocycles. The van der Waals surface area contributed by atoms with Crippen molar-refractivity contribution in [2.45, 2.75) is 31.3 Å². The Kier molecular flexibility index (Phi) is 5.72. The SMILES string of the molecule is O=C(NCC(=O)N1CCN(C2CC2)CC1Cc1ccccc1)c1ccccc1. The lowest BCUT2D eigenvalue weighted by molar-refractivity contribution is -0.135. The summed E-state index contributed by atoms with van der Waals surface area (Å²) in [5, 5.41) is 2.78. The van der Waals surface area contributed by atoms with E-state index < -0.39 is 0 Å². The number of nitrogens with one attached hydrogen (secondary N) is 1. The Morgan fingerprint density at radius 3 is 2.29 bits per heavy atom. The Hall–Kier alpha value is -2.66. The molecule has 5 nitrogen and oxygen atoms in total. The van der Waals surface area contributed by atoms with Gasteiger partial charge in [0.15, 0.2) is 0 Å².